The summed E-state index contributed by atoms with van der Waals surface area (Å²) in [6.07, 6.45) is 1.68. The predicted octanol–water partition coefficient (Wildman–Crippen LogP) is 3.87. The van der Waals surface area contributed by atoms with Crippen molar-refractivity contribution in [2.24, 2.45) is 5.41 Å². The lowest BCUT2D eigenvalue weighted by Crippen LogP contribution is -2.27. The van der Waals surface area contributed by atoms with E-state index in [4.69, 9.17) is 4.42 Å². The molecule has 0 aliphatic heterocycles. The third kappa shape index (κ3) is 2.83. The summed E-state index contributed by atoms with van der Waals surface area (Å²) in [7, 11) is 0. The maximum absolute atomic E-state index is 12.1. The first-order valence-corrected chi connectivity index (χ1v) is 7.07. The second-order valence-corrected chi connectivity index (χ2v) is 6.13. The number of hydrogen-bond acceptors (Lipinski definition) is 4. The van der Waals surface area contributed by atoms with Crippen molar-refractivity contribution < 1.29 is 9.21 Å². The Morgan fingerprint density at radius 1 is 1.18 bits per heavy atom. The maximum atomic E-state index is 12.1. The number of amides is 1. The molecule has 5 nitrogen and oxygen atoms in total. The van der Waals surface area contributed by atoms with Gasteiger partial charge in [-0.3, -0.25) is 4.79 Å². The number of oxazole rings is 1. The zero-order chi connectivity index (χ0) is 15.7. The fourth-order valence-corrected chi connectivity index (χ4v) is 1.94. The molecule has 5 heteroatoms. The molecule has 22 heavy (non-hydrogen) atoms. The molecule has 0 saturated heterocycles. The van der Waals surface area contributed by atoms with Crippen LogP contribution in [-0.2, 0) is 4.79 Å². The minimum Gasteiger partial charge on any atom is -0.434 e. The predicted molar refractivity (Wildman–Crippen MR) is 85.3 cm³/mol. The highest BCUT2D eigenvalue weighted by molar-refractivity contribution is 5.95. The molecule has 0 aliphatic carbocycles. The van der Waals surface area contributed by atoms with E-state index < -0.39 is 5.41 Å². The van der Waals surface area contributed by atoms with Crippen LogP contribution in [0.2, 0.25) is 0 Å². The molecule has 0 saturated carbocycles. The molecule has 3 rings (SSSR count). The molecule has 2 aromatic heterocycles. The van der Waals surface area contributed by atoms with E-state index in [-0.39, 0.29) is 5.91 Å². The topological polar surface area (TPSA) is 68.0 Å². The second-order valence-electron chi connectivity index (χ2n) is 6.13. The van der Waals surface area contributed by atoms with E-state index in [1.165, 1.54) is 0 Å². The number of nitrogens with one attached hydrogen (secondary N) is 1. The van der Waals surface area contributed by atoms with Crippen LogP contribution in [0.5, 0.6) is 0 Å². The monoisotopic (exact) mass is 295 g/mol. The molecule has 0 spiro atoms. The van der Waals surface area contributed by atoms with Gasteiger partial charge >= 0.3 is 0 Å². The quantitative estimate of drug-likeness (QED) is 0.779. The van der Waals surface area contributed by atoms with Crippen molar-refractivity contribution in [1.29, 1.82) is 0 Å². The third-order valence-electron chi connectivity index (χ3n) is 3.21. The molecule has 0 aliphatic rings. The Morgan fingerprint density at radius 3 is 2.73 bits per heavy atom. The van der Waals surface area contributed by atoms with Crippen molar-refractivity contribution in [3.63, 3.8) is 0 Å². The molecule has 0 bridgehead atoms. The van der Waals surface area contributed by atoms with Crippen LogP contribution in [0.3, 0.4) is 0 Å². The molecule has 112 valence electrons. The molecule has 0 radical (unpaired) electrons. The van der Waals surface area contributed by atoms with E-state index >= 15 is 0 Å². The number of pyridine rings is 1. The molecule has 1 amide bonds. The van der Waals surface area contributed by atoms with Gasteiger partial charge in [-0.15, -0.1) is 0 Å². The summed E-state index contributed by atoms with van der Waals surface area (Å²) in [4.78, 5) is 20.6. The van der Waals surface area contributed by atoms with Gasteiger partial charge < -0.3 is 9.73 Å². The van der Waals surface area contributed by atoms with Crippen LogP contribution in [0.15, 0.2) is 47.0 Å². The average Bonchev–Trinajstić information content (AvgIpc) is 2.90. The Morgan fingerprint density at radius 2 is 2.00 bits per heavy atom. The highest BCUT2D eigenvalue weighted by Crippen LogP contribution is 2.26. The number of rotatable bonds is 2. The number of carbonyl (C=O) groups excluding carboxylic acids is 1. The standard InChI is InChI=1S/C17H17N3O2/c1-17(2,3)16(21)19-12-7-4-6-11(10-12)15-20-14-13(22-15)8-5-9-18-14/h4-10H,1-3H3,(H,19,21). The Hall–Kier alpha value is -2.69. The Balaban J connectivity index is 1.92. The number of nitrogens with zero attached hydrogens (tertiary/aromatic N) is 2. The highest BCUT2D eigenvalue weighted by Gasteiger charge is 2.21. The number of hydrogen-bond donors (Lipinski definition) is 1. The van der Waals surface area contributed by atoms with E-state index in [0.29, 0.717) is 22.8 Å². The summed E-state index contributed by atoms with van der Waals surface area (Å²) in [5, 5.41) is 2.90. The van der Waals surface area contributed by atoms with Gasteiger partial charge in [0.1, 0.15) is 0 Å². The zero-order valence-corrected chi connectivity index (χ0v) is 12.8. The number of anilines is 1. The van der Waals surface area contributed by atoms with Crippen molar-refractivity contribution in [3.8, 4) is 11.5 Å². The first-order chi connectivity index (χ1) is 10.4. The summed E-state index contributed by atoms with van der Waals surface area (Å²) < 4.78 is 5.70. The third-order valence-corrected chi connectivity index (χ3v) is 3.21. The Labute approximate surface area is 128 Å². The van der Waals surface area contributed by atoms with Gasteiger partial charge in [0, 0.05) is 22.9 Å². The molecule has 1 aromatic carbocycles. The molecule has 1 N–H and O–H groups in total. The van der Waals surface area contributed by atoms with Crippen LogP contribution in [0.4, 0.5) is 5.69 Å². The first-order valence-electron chi connectivity index (χ1n) is 7.07. The molecule has 2 heterocycles. The molecular weight excluding hydrogens is 278 g/mol. The van der Waals surface area contributed by atoms with E-state index in [0.717, 1.165) is 5.56 Å². The van der Waals surface area contributed by atoms with E-state index in [1.54, 1.807) is 12.3 Å². The summed E-state index contributed by atoms with van der Waals surface area (Å²) >= 11 is 0. The smallest absolute Gasteiger partial charge is 0.229 e. The van der Waals surface area contributed by atoms with Crippen molar-refractivity contribution in [2.75, 3.05) is 5.32 Å². The lowest BCUT2D eigenvalue weighted by Gasteiger charge is -2.17. The van der Waals surface area contributed by atoms with Gasteiger partial charge in [-0.25, -0.2) is 4.98 Å². The average molecular weight is 295 g/mol. The van der Waals surface area contributed by atoms with Crippen LogP contribution >= 0.6 is 0 Å². The lowest BCUT2D eigenvalue weighted by atomic mass is 9.95. The SMILES string of the molecule is CC(C)(C)C(=O)Nc1cccc(-c2nc3ncccc3o2)c1. The van der Waals surface area contributed by atoms with E-state index in [1.807, 2.05) is 51.1 Å². The van der Waals surface area contributed by atoms with Gasteiger partial charge in [-0.05, 0) is 30.3 Å². The zero-order valence-electron chi connectivity index (χ0n) is 12.8. The maximum Gasteiger partial charge on any atom is 0.229 e. The summed E-state index contributed by atoms with van der Waals surface area (Å²) in [6, 6.07) is 11.1. The van der Waals surface area contributed by atoms with Gasteiger partial charge in [-0.1, -0.05) is 26.8 Å². The van der Waals surface area contributed by atoms with Gasteiger partial charge in [0.15, 0.2) is 11.2 Å². The van der Waals surface area contributed by atoms with Crippen molar-refractivity contribution in [2.45, 2.75) is 20.8 Å². The van der Waals surface area contributed by atoms with Crippen LogP contribution in [0, 0.1) is 5.41 Å². The highest BCUT2D eigenvalue weighted by atomic mass is 16.3. The number of carbonyl (C=O) groups is 1. The summed E-state index contributed by atoms with van der Waals surface area (Å²) in [5.74, 6) is 0.449. The first kappa shape index (κ1) is 14.3. The number of benzene rings is 1. The fraction of sp³-hybridized carbons (Fsp3) is 0.235. The van der Waals surface area contributed by atoms with Crippen LogP contribution in [0.25, 0.3) is 22.7 Å². The van der Waals surface area contributed by atoms with Gasteiger partial charge in [0.2, 0.25) is 11.8 Å². The molecule has 0 fully saturated rings. The molecule has 0 atom stereocenters. The van der Waals surface area contributed by atoms with Crippen molar-refractivity contribution >= 4 is 22.8 Å². The molecular formula is C17H17N3O2. The van der Waals surface area contributed by atoms with Crippen molar-refractivity contribution in [1.82, 2.24) is 9.97 Å². The van der Waals surface area contributed by atoms with Gasteiger partial charge in [0.05, 0.1) is 0 Å². The molecule has 3 aromatic rings. The van der Waals surface area contributed by atoms with Crippen molar-refractivity contribution in [3.05, 3.63) is 42.6 Å². The van der Waals surface area contributed by atoms with Crippen LogP contribution < -0.4 is 5.32 Å². The number of aromatic nitrogens is 2. The largest absolute Gasteiger partial charge is 0.434 e. The van der Waals surface area contributed by atoms with Crippen LogP contribution in [-0.4, -0.2) is 15.9 Å². The molecule has 0 unspecified atom stereocenters. The van der Waals surface area contributed by atoms with Gasteiger partial charge in [0.25, 0.3) is 0 Å². The fourth-order valence-electron chi connectivity index (χ4n) is 1.94. The van der Waals surface area contributed by atoms with Crippen LogP contribution in [0.1, 0.15) is 20.8 Å². The summed E-state index contributed by atoms with van der Waals surface area (Å²) in [5.41, 5.74) is 2.28. The van der Waals surface area contributed by atoms with Gasteiger partial charge in [-0.2, -0.15) is 4.98 Å². The minimum absolute atomic E-state index is 0.0381. The normalized spacial score (nSPS) is 11.6. The van der Waals surface area contributed by atoms with E-state index in [9.17, 15) is 4.79 Å². The Kier molecular flexibility index (Phi) is 3.41. The van der Waals surface area contributed by atoms with E-state index in [2.05, 4.69) is 15.3 Å². The minimum atomic E-state index is -0.447. The summed E-state index contributed by atoms with van der Waals surface area (Å²) in [6.45, 7) is 5.62. The number of fused-ring (bicyclic) bond motifs is 1. The second kappa shape index (κ2) is 5.26. The Bertz CT molecular complexity index is 798. The lowest BCUT2D eigenvalue weighted by molar-refractivity contribution is -0.123.